The zero-order valence-electron chi connectivity index (χ0n) is 12.8. The molecule has 2 rings (SSSR count). The highest BCUT2D eigenvalue weighted by Crippen LogP contribution is 2.18. The van der Waals surface area contributed by atoms with Crippen LogP contribution >= 0.6 is 11.6 Å². The van der Waals surface area contributed by atoms with Gasteiger partial charge in [-0.2, -0.15) is 5.10 Å². The maximum atomic E-state index is 13.0. The molecular formula is C17H16ClFN2O2. The van der Waals surface area contributed by atoms with E-state index in [0.29, 0.717) is 17.0 Å². The maximum absolute atomic E-state index is 13.0. The molecule has 2 aromatic rings. The second kappa shape index (κ2) is 7.74. The summed E-state index contributed by atoms with van der Waals surface area (Å²) in [6, 6.07) is 11.4. The minimum atomic E-state index is -0.429. The Hall–Kier alpha value is -2.40. The molecule has 0 aromatic heterocycles. The molecule has 0 unspecified atom stereocenters. The first-order valence-corrected chi connectivity index (χ1v) is 7.31. The fourth-order valence-corrected chi connectivity index (χ4v) is 2.18. The second-order valence-corrected chi connectivity index (χ2v) is 5.37. The van der Waals surface area contributed by atoms with E-state index in [0.717, 1.165) is 5.56 Å². The summed E-state index contributed by atoms with van der Waals surface area (Å²) in [4.78, 5) is 11.7. The topological polar surface area (TPSA) is 50.7 Å². The van der Waals surface area contributed by atoms with Crippen molar-refractivity contribution in [1.29, 1.82) is 0 Å². The van der Waals surface area contributed by atoms with E-state index in [1.807, 2.05) is 25.1 Å². The first kappa shape index (κ1) is 17.0. The Morgan fingerprint density at radius 1 is 1.30 bits per heavy atom. The highest BCUT2D eigenvalue weighted by Gasteiger charge is 2.07. The number of halogens is 2. The Kier molecular flexibility index (Phi) is 5.71. The fourth-order valence-electron chi connectivity index (χ4n) is 1.88. The van der Waals surface area contributed by atoms with Gasteiger partial charge in [0.2, 0.25) is 0 Å². The number of carbonyl (C=O) groups excluding carboxylic acids is 1. The molecule has 0 heterocycles. The van der Waals surface area contributed by atoms with Crippen molar-refractivity contribution in [3.8, 4) is 5.75 Å². The molecule has 0 saturated carbocycles. The van der Waals surface area contributed by atoms with Gasteiger partial charge in [-0.25, -0.2) is 9.82 Å². The average molecular weight is 335 g/mol. The number of rotatable bonds is 5. The molecule has 1 amide bonds. The summed E-state index contributed by atoms with van der Waals surface area (Å²) in [7, 11) is 0. The van der Waals surface area contributed by atoms with Gasteiger partial charge in [0.05, 0.1) is 10.7 Å². The van der Waals surface area contributed by atoms with Gasteiger partial charge < -0.3 is 4.74 Å². The molecule has 1 N–H and O–H groups in total. The number of hydrogen-bond donors (Lipinski definition) is 1. The van der Waals surface area contributed by atoms with Crippen LogP contribution in [0.3, 0.4) is 0 Å². The molecule has 4 nitrogen and oxygen atoms in total. The molecule has 0 spiro atoms. The summed E-state index contributed by atoms with van der Waals surface area (Å²) >= 11 is 5.94. The van der Waals surface area contributed by atoms with E-state index in [4.69, 9.17) is 16.3 Å². The number of hydrogen-bond acceptors (Lipinski definition) is 3. The van der Waals surface area contributed by atoms with Crippen LogP contribution in [0.5, 0.6) is 5.75 Å². The first-order valence-electron chi connectivity index (χ1n) is 6.94. The molecule has 0 atom stereocenters. The molecule has 120 valence electrons. The summed E-state index contributed by atoms with van der Waals surface area (Å²) < 4.78 is 18.4. The highest BCUT2D eigenvalue weighted by atomic mass is 35.5. The van der Waals surface area contributed by atoms with Crippen LogP contribution in [0.1, 0.15) is 18.1 Å². The van der Waals surface area contributed by atoms with Gasteiger partial charge in [-0.1, -0.05) is 23.7 Å². The lowest BCUT2D eigenvalue weighted by Gasteiger charge is -2.07. The third-order valence-corrected chi connectivity index (χ3v) is 3.34. The zero-order chi connectivity index (χ0) is 16.8. The Morgan fingerprint density at radius 3 is 2.78 bits per heavy atom. The van der Waals surface area contributed by atoms with Crippen molar-refractivity contribution in [3.05, 3.63) is 64.4 Å². The van der Waals surface area contributed by atoms with E-state index >= 15 is 0 Å². The number of benzene rings is 2. The number of hydrazone groups is 1. The number of nitrogens with one attached hydrogen (secondary N) is 1. The molecular weight excluding hydrogens is 319 g/mol. The SMILES string of the molecule is C/C(=N/NC(=O)COc1cccc(C)c1)c1ccc(F)cc1Cl. The lowest BCUT2D eigenvalue weighted by atomic mass is 10.1. The fraction of sp³-hybridized carbons (Fsp3) is 0.176. The van der Waals surface area contributed by atoms with Crippen molar-refractivity contribution < 1.29 is 13.9 Å². The van der Waals surface area contributed by atoms with E-state index in [-0.39, 0.29) is 11.6 Å². The number of amides is 1. The lowest BCUT2D eigenvalue weighted by molar-refractivity contribution is -0.123. The van der Waals surface area contributed by atoms with Gasteiger partial charge in [0.1, 0.15) is 11.6 Å². The van der Waals surface area contributed by atoms with E-state index in [1.54, 1.807) is 13.0 Å². The molecule has 0 radical (unpaired) electrons. The molecule has 0 saturated heterocycles. The van der Waals surface area contributed by atoms with Gasteiger partial charge in [0.25, 0.3) is 5.91 Å². The Balaban J connectivity index is 1.92. The van der Waals surface area contributed by atoms with Crippen molar-refractivity contribution in [2.45, 2.75) is 13.8 Å². The Bertz CT molecular complexity index is 747. The van der Waals surface area contributed by atoms with E-state index in [9.17, 15) is 9.18 Å². The third kappa shape index (κ3) is 5.07. The molecule has 0 aliphatic rings. The van der Waals surface area contributed by atoms with Crippen LogP contribution in [0, 0.1) is 12.7 Å². The molecule has 0 aliphatic heterocycles. The standard InChI is InChI=1S/C17H16ClFN2O2/c1-11-4-3-5-14(8-11)23-10-17(22)21-20-12(2)15-7-6-13(19)9-16(15)18/h3-9H,10H2,1-2H3,(H,21,22)/b20-12-. The minimum Gasteiger partial charge on any atom is -0.484 e. The van der Waals surface area contributed by atoms with E-state index in [1.165, 1.54) is 18.2 Å². The average Bonchev–Trinajstić information content (AvgIpc) is 2.50. The summed E-state index contributed by atoms with van der Waals surface area (Å²) in [6.07, 6.45) is 0. The van der Waals surface area contributed by atoms with Crippen molar-refractivity contribution in [2.75, 3.05) is 6.61 Å². The summed E-state index contributed by atoms with van der Waals surface area (Å²) in [5.41, 5.74) is 4.44. The van der Waals surface area contributed by atoms with Gasteiger partial charge in [0, 0.05) is 5.56 Å². The molecule has 2 aromatic carbocycles. The van der Waals surface area contributed by atoms with Crippen LogP contribution in [-0.2, 0) is 4.79 Å². The molecule has 0 fully saturated rings. The summed E-state index contributed by atoms with van der Waals surface area (Å²) in [5, 5.41) is 4.18. The van der Waals surface area contributed by atoms with Crippen molar-refractivity contribution >= 4 is 23.2 Å². The summed E-state index contributed by atoms with van der Waals surface area (Å²) in [6.45, 7) is 3.45. The predicted octanol–water partition coefficient (Wildman–Crippen LogP) is 3.71. The molecule has 23 heavy (non-hydrogen) atoms. The Morgan fingerprint density at radius 2 is 2.09 bits per heavy atom. The van der Waals surface area contributed by atoms with Crippen molar-refractivity contribution in [2.24, 2.45) is 5.10 Å². The van der Waals surface area contributed by atoms with Crippen LogP contribution in [0.2, 0.25) is 5.02 Å². The zero-order valence-corrected chi connectivity index (χ0v) is 13.5. The number of ether oxygens (including phenoxy) is 1. The van der Waals surface area contributed by atoms with Gasteiger partial charge in [-0.05, 0) is 49.7 Å². The van der Waals surface area contributed by atoms with Crippen molar-refractivity contribution in [3.63, 3.8) is 0 Å². The predicted molar refractivity (Wildman–Crippen MR) is 88.4 cm³/mol. The molecule has 6 heteroatoms. The van der Waals surface area contributed by atoms with Gasteiger partial charge in [-0.15, -0.1) is 0 Å². The van der Waals surface area contributed by atoms with Crippen molar-refractivity contribution in [1.82, 2.24) is 5.43 Å². The van der Waals surface area contributed by atoms with E-state index < -0.39 is 11.7 Å². The number of carbonyl (C=O) groups is 1. The highest BCUT2D eigenvalue weighted by molar-refractivity contribution is 6.34. The quantitative estimate of drug-likeness (QED) is 0.669. The molecule has 0 aliphatic carbocycles. The van der Waals surface area contributed by atoms with Gasteiger partial charge in [0.15, 0.2) is 6.61 Å². The third-order valence-electron chi connectivity index (χ3n) is 3.03. The minimum absolute atomic E-state index is 0.155. The monoisotopic (exact) mass is 334 g/mol. The van der Waals surface area contributed by atoms with Crippen LogP contribution in [-0.4, -0.2) is 18.2 Å². The largest absolute Gasteiger partial charge is 0.484 e. The van der Waals surface area contributed by atoms with E-state index in [2.05, 4.69) is 10.5 Å². The van der Waals surface area contributed by atoms with Crippen LogP contribution in [0.25, 0.3) is 0 Å². The van der Waals surface area contributed by atoms with Crippen LogP contribution in [0.4, 0.5) is 4.39 Å². The smallest absolute Gasteiger partial charge is 0.277 e. The number of nitrogens with zero attached hydrogens (tertiary/aromatic N) is 1. The lowest BCUT2D eigenvalue weighted by Crippen LogP contribution is -2.25. The molecule has 0 bridgehead atoms. The second-order valence-electron chi connectivity index (χ2n) is 4.96. The first-order chi connectivity index (χ1) is 11.0. The van der Waals surface area contributed by atoms with Gasteiger partial charge >= 0.3 is 0 Å². The van der Waals surface area contributed by atoms with Crippen LogP contribution in [0.15, 0.2) is 47.6 Å². The summed E-state index contributed by atoms with van der Waals surface area (Å²) in [5.74, 6) is -0.214. The van der Waals surface area contributed by atoms with Crippen LogP contribution < -0.4 is 10.2 Å². The Labute approximate surface area is 138 Å². The normalized spacial score (nSPS) is 11.2. The van der Waals surface area contributed by atoms with Gasteiger partial charge in [-0.3, -0.25) is 4.79 Å². The number of aryl methyl sites for hydroxylation is 1. The maximum Gasteiger partial charge on any atom is 0.277 e.